The van der Waals surface area contributed by atoms with Crippen molar-refractivity contribution in [2.45, 2.75) is 26.4 Å². The molecular formula is C14H23N3O3S. The number of amides is 1. The molecule has 1 rings (SSSR count). The summed E-state index contributed by atoms with van der Waals surface area (Å²) in [6.45, 7) is 3.76. The van der Waals surface area contributed by atoms with E-state index in [0.717, 1.165) is 5.56 Å². The lowest BCUT2D eigenvalue weighted by Gasteiger charge is -2.15. The van der Waals surface area contributed by atoms with E-state index in [4.69, 9.17) is 5.73 Å². The van der Waals surface area contributed by atoms with E-state index in [1.54, 1.807) is 13.8 Å². The Morgan fingerprint density at radius 1 is 1.24 bits per heavy atom. The molecule has 0 fully saturated rings. The average Bonchev–Trinajstić information content (AvgIpc) is 2.45. The summed E-state index contributed by atoms with van der Waals surface area (Å²) in [7, 11) is -3.42. The predicted molar refractivity (Wildman–Crippen MR) is 82.9 cm³/mol. The van der Waals surface area contributed by atoms with E-state index in [2.05, 4.69) is 10.0 Å². The predicted octanol–water partition coefficient (Wildman–Crippen LogP) is 0.206. The van der Waals surface area contributed by atoms with Crippen LogP contribution in [0, 0.1) is 5.92 Å². The highest BCUT2D eigenvalue weighted by Gasteiger charge is 2.17. The van der Waals surface area contributed by atoms with Crippen molar-refractivity contribution in [1.82, 2.24) is 10.0 Å². The van der Waals surface area contributed by atoms with Crippen LogP contribution in [-0.4, -0.2) is 32.7 Å². The van der Waals surface area contributed by atoms with Gasteiger partial charge in [-0.2, -0.15) is 0 Å². The third kappa shape index (κ3) is 6.70. The Morgan fingerprint density at radius 3 is 2.43 bits per heavy atom. The van der Waals surface area contributed by atoms with Gasteiger partial charge in [-0.1, -0.05) is 37.3 Å². The highest BCUT2D eigenvalue weighted by molar-refractivity contribution is 7.89. The quantitative estimate of drug-likeness (QED) is 0.638. The Kier molecular flexibility index (Phi) is 6.80. The molecular weight excluding hydrogens is 290 g/mol. The topological polar surface area (TPSA) is 101 Å². The van der Waals surface area contributed by atoms with Crippen LogP contribution in [0.3, 0.4) is 0 Å². The third-order valence-electron chi connectivity index (χ3n) is 3.21. The summed E-state index contributed by atoms with van der Waals surface area (Å²) < 4.78 is 26.1. The molecule has 118 valence electrons. The van der Waals surface area contributed by atoms with Gasteiger partial charge in [-0.3, -0.25) is 4.79 Å². The van der Waals surface area contributed by atoms with E-state index in [0.29, 0.717) is 0 Å². The fourth-order valence-corrected chi connectivity index (χ4v) is 2.47. The molecule has 1 amide bonds. The van der Waals surface area contributed by atoms with Crippen molar-refractivity contribution >= 4 is 15.9 Å². The van der Waals surface area contributed by atoms with Crippen LogP contribution in [0.15, 0.2) is 30.3 Å². The first-order chi connectivity index (χ1) is 9.82. The lowest BCUT2D eigenvalue weighted by molar-refractivity contribution is -0.124. The second kappa shape index (κ2) is 8.11. The van der Waals surface area contributed by atoms with Crippen LogP contribution in [-0.2, 0) is 21.4 Å². The van der Waals surface area contributed by atoms with Crippen LogP contribution in [0.1, 0.15) is 19.4 Å². The molecule has 0 aliphatic rings. The van der Waals surface area contributed by atoms with Gasteiger partial charge < -0.3 is 11.1 Å². The maximum absolute atomic E-state index is 11.8. The minimum atomic E-state index is -3.42. The molecule has 4 N–H and O–H groups in total. The fourth-order valence-electron chi connectivity index (χ4n) is 1.57. The van der Waals surface area contributed by atoms with Crippen LogP contribution in [0.4, 0.5) is 0 Å². The Labute approximate surface area is 126 Å². The van der Waals surface area contributed by atoms with Gasteiger partial charge in [0.2, 0.25) is 15.9 Å². The zero-order valence-corrected chi connectivity index (χ0v) is 13.2. The molecule has 21 heavy (non-hydrogen) atoms. The van der Waals surface area contributed by atoms with E-state index in [1.165, 1.54) is 0 Å². The van der Waals surface area contributed by atoms with Gasteiger partial charge in [0.05, 0.1) is 5.75 Å². The van der Waals surface area contributed by atoms with Crippen molar-refractivity contribution in [2.24, 2.45) is 11.7 Å². The molecule has 0 radical (unpaired) electrons. The first-order valence-corrected chi connectivity index (χ1v) is 8.51. The van der Waals surface area contributed by atoms with Gasteiger partial charge in [0.15, 0.2) is 0 Å². The second-order valence-electron chi connectivity index (χ2n) is 5.06. The molecule has 0 saturated heterocycles. The van der Waals surface area contributed by atoms with Crippen molar-refractivity contribution in [3.05, 3.63) is 35.9 Å². The number of rotatable bonds is 8. The minimum Gasteiger partial charge on any atom is -0.355 e. The first kappa shape index (κ1) is 17.6. The van der Waals surface area contributed by atoms with Gasteiger partial charge in [0.1, 0.15) is 0 Å². The molecule has 0 bridgehead atoms. The van der Waals surface area contributed by atoms with Gasteiger partial charge in [-0.25, -0.2) is 13.1 Å². The summed E-state index contributed by atoms with van der Waals surface area (Å²) in [6, 6.07) is 8.98. The van der Waals surface area contributed by atoms with Crippen LogP contribution in [0.2, 0.25) is 0 Å². The van der Waals surface area contributed by atoms with Crippen molar-refractivity contribution in [1.29, 1.82) is 0 Å². The van der Waals surface area contributed by atoms with Crippen molar-refractivity contribution in [3.8, 4) is 0 Å². The Bertz CT molecular complexity index is 544. The van der Waals surface area contributed by atoms with Gasteiger partial charge in [-0.15, -0.1) is 0 Å². The van der Waals surface area contributed by atoms with Gasteiger partial charge >= 0.3 is 0 Å². The summed E-state index contributed by atoms with van der Waals surface area (Å²) >= 11 is 0. The largest absolute Gasteiger partial charge is 0.355 e. The summed E-state index contributed by atoms with van der Waals surface area (Å²) in [5, 5.41) is 2.58. The lowest BCUT2D eigenvalue weighted by Crippen LogP contribution is -2.41. The number of sulfonamides is 1. The number of benzene rings is 1. The van der Waals surface area contributed by atoms with Crippen LogP contribution in [0.25, 0.3) is 0 Å². The maximum Gasteiger partial charge on any atom is 0.224 e. The van der Waals surface area contributed by atoms with E-state index in [-0.39, 0.29) is 36.7 Å². The molecule has 0 heterocycles. The minimum absolute atomic E-state index is 0.0695. The Morgan fingerprint density at radius 2 is 1.86 bits per heavy atom. The van der Waals surface area contributed by atoms with Crippen molar-refractivity contribution in [3.63, 3.8) is 0 Å². The Balaban J connectivity index is 2.35. The second-order valence-corrected chi connectivity index (χ2v) is 6.99. The van der Waals surface area contributed by atoms with Crippen molar-refractivity contribution in [2.75, 3.05) is 12.3 Å². The van der Waals surface area contributed by atoms with Gasteiger partial charge in [0.25, 0.3) is 0 Å². The summed E-state index contributed by atoms with van der Waals surface area (Å²) in [5.41, 5.74) is 6.50. The van der Waals surface area contributed by atoms with Crippen LogP contribution < -0.4 is 15.8 Å². The third-order valence-corrected chi connectivity index (χ3v) is 4.54. The maximum atomic E-state index is 11.8. The Hall–Kier alpha value is -1.44. The molecule has 0 aliphatic carbocycles. The first-order valence-electron chi connectivity index (χ1n) is 6.86. The van der Waals surface area contributed by atoms with E-state index < -0.39 is 10.0 Å². The normalized spacial score (nSPS) is 14.4. The average molecular weight is 313 g/mol. The smallest absolute Gasteiger partial charge is 0.224 e. The summed E-state index contributed by atoms with van der Waals surface area (Å²) in [4.78, 5) is 11.6. The van der Waals surface area contributed by atoms with E-state index >= 15 is 0 Å². The van der Waals surface area contributed by atoms with E-state index in [9.17, 15) is 13.2 Å². The fraction of sp³-hybridized carbons (Fsp3) is 0.500. The molecule has 0 spiro atoms. The molecule has 7 heteroatoms. The number of nitrogens with one attached hydrogen (secondary N) is 2. The number of carbonyl (C=O) groups is 1. The molecule has 0 saturated carbocycles. The zero-order chi connectivity index (χ0) is 15.9. The monoisotopic (exact) mass is 313 g/mol. The van der Waals surface area contributed by atoms with E-state index in [1.807, 2.05) is 30.3 Å². The number of hydrogen-bond donors (Lipinski definition) is 3. The van der Waals surface area contributed by atoms with Crippen LogP contribution in [0.5, 0.6) is 0 Å². The molecule has 2 atom stereocenters. The number of carbonyl (C=O) groups excluding carboxylic acids is 1. The molecule has 0 aromatic heterocycles. The van der Waals surface area contributed by atoms with Crippen molar-refractivity contribution < 1.29 is 13.2 Å². The summed E-state index contributed by atoms with van der Waals surface area (Å²) in [6.07, 6.45) is 0. The SMILES string of the molecule is CC(N)C(C)C(=O)NCCS(=O)(=O)NCc1ccccc1. The number of hydrogen-bond acceptors (Lipinski definition) is 4. The molecule has 0 aliphatic heterocycles. The van der Waals surface area contributed by atoms with Crippen LogP contribution >= 0.6 is 0 Å². The zero-order valence-electron chi connectivity index (χ0n) is 12.4. The number of nitrogens with two attached hydrogens (primary N) is 1. The van der Waals surface area contributed by atoms with Gasteiger partial charge in [0, 0.05) is 25.0 Å². The molecule has 1 aromatic rings. The molecule has 2 unspecified atom stereocenters. The molecule has 1 aromatic carbocycles. The lowest BCUT2D eigenvalue weighted by atomic mass is 10.0. The highest BCUT2D eigenvalue weighted by Crippen LogP contribution is 2.00. The molecule has 6 nitrogen and oxygen atoms in total. The standard InChI is InChI=1S/C14H23N3O3S/c1-11(12(2)15)14(18)16-8-9-21(19,20)17-10-13-6-4-3-5-7-13/h3-7,11-12,17H,8-10,15H2,1-2H3,(H,16,18). The highest BCUT2D eigenvalue weighted by atomic mass is 32.2. The summed E-state index contributed by atoms with van der Waals surface area (Å²) in [5.74, 6) is -0.731. The van der Waals surface area contributed by atoms with Gasteiger partial charge in [-0.05, 0) is 12.5 Å².